The van der Waals surface area contributed by atoms with Crippen molar-refractivity contribution < 1.29 is 4.79 Å². The number of nitrogens with two attached hydrogens (primary N) is 1. The summed E-state index contributed by atoms with van der Waals surface area (Å²) in [6.07, 6.45) is 1.60. The summed E-state index contributed by atoms with van der Waals surface area (Å²) in [7, 11) is 0. The molecule has 3 aromatic rings. The molecular weight excluding hydrogens is 364 g/mol. The number of nitrogens with zero attached hydrogens (tertiary/aromatic N) is 2. The number of hydrogen-bond acceptors (Lipinski definition) is 6. The molecule has 7 nitrogen and oxygen atoms in total. The van der Waals surface area contributed by atoms with Crippen molar-refractivity contribution >= 4 is 34.8 Å². The van der Waals surface area contributed by atoms with Gasteiger partial charge in [-0.25, -0.2) is 9.97 Å². The van der Waals surface area contributed by atoms with E-state index in [1.165, 1.54) is 6.33 Å². The maximum Gasteiger partial charge on any atom is 0.242 e. The lowest BCUT2D eigenvalue weighted by atomic mass is 10.1. The second-order valence-electron chi connectivity index (χ2n) is 5.77. The molecule has 1 heterocycles. The molecule has 0 saturated carbocycles. The molecule has 0 fully saturated rings. The van der Waals surface area contributed by atoms with Crippen LogP contribution in [0, 0.1) is 0 Å². The molecule has 0 aliphatic carbocycles. The van der Waals surface area contributed by atoms with E-state index in [-0.39, 0.29) is 12.3 Å². The number of rotatable bonds is 7. The second kappa shape index (κ2) is 8.86. The zero-order valence-electron chi connectivity index (χ0n) is 14.4. The first-order chi connectivity index (χ1) is 13.1. The number of benzene rings is 2. The molecule has 0 saturated heterocycles. The third-order valence-corrected chi connectivity index (χ3v) is 4.18. The number of anilines is 3. The Morgan fingerprint density at radius 1 is 1.00 bits per heavy atom. The fourth-order valence-corrected chi connectivity index (χ4v) is 2.61. The van der Waals surface area contributed by atoms with Crippen LogP contribution < -0.4 is 21.9 Å². The lowest BCUT2D eigenvalue weighted by Crippen LogP contribution is -2.31. The number of carbonyl (C=O) groups excluding carboxylic acids is 1. The average molecular weight is 383 g/mol. The molecular formula is C19H19ClN6O. The summed E-state index contributed by atoms with van der Waals surface area (Å²) >= 11 is 6.15. The van der Waals surface area contributed by atoms with Gasteiger partial charge in [0.2, 0.25) is 5.91 Å². The first-order valence-electron chi connectivity index (χ1n) is 8.30. The minimum Gasteiger partial charge on any atom is -0.393 e. The molecule has 1 amide bonds. The second-order valence-corrected chi connectivity index (χ2v) is 6.17. The van der Waals surface area contributed by atoms with Gasteiger partial charge in [-0.05, 0) is 17.2 Å². The van der Waals surface area contributed by atoms with E-state index in [9.17, 15) is 4.79 Å². The Kier molecular flexibility index (Phi) is 6.06. The smallest absolute Gasteiger partial charge is 0.242 e. The van der Waals surface area contributed by atoms with Crippen molar-refractivity contribution in [2.75, 3.05) is 16.5 Å². The molecule has 0 radical (unpaired) electrons. The topological polar surface area (TPSA) is 105 Å². The van der Waals surface area contributed by atoms with Gasteiger partial charge in [-0.3, -0.25) is 15.6 Å². The predicted octanol–water partition coefficient (Wildman–Crippen LogP) is 3.01. The Morgan fingerprint density at radius 2 is 1.70 bits per heavy atom. The number of carbonyl (C=O) groups is 1. The molecule has 0 unspecified atom stereocenters. The van der Waals surface area contributed by atoms with E-state index in [4.69, 9.17) is 17.3 Å². The summed E-state index contributed by atoms with van der Waals surface area (Å²) in [4.78, 5) is 20.2. The van der Waals surface area contributed by atoms with Gasteiger partial charge in [0, 0.05) is 11.6 Å². The van der Waals surface area contributed by atoms with Gasteiger partial charge in [0.15, 0.2) is 11.6 Å². The predicted molar refractivity (Wildman–Crippen MR) is 107 cm³/mol. The van der Waals surface area contributed by atoms with Crippen LogP contribution in [0.1, 0.15) is 11.1 Å². The molecule has 138 valence electrons. The summed E-state index contributed by atoms with van der Waals surface area (Å²) in [5, 5.41) is 3.78. The summed E-state index contributed by atoms with van der Waals surface area (Å²) in [5.74, 6) is 0.558. The van der Waals surface area contributed by atoms with E-state index < -0.39 is 0 Å². The number of hydrogen-bond donors (Lipinski definition) is 4. The van der Waals surface area contributed by atoms with Crippen LogP contribution in [0.4, 0.5) is 17.3 Å². The lowest BCUT2D eigenvalue weighted by Gasteiger charge is -2.13. The van der Waals surface area contributed by atoms with Crippen LogP contribution in [0.2, 0.25) is 5.02 Å². The van der Waals surface area contributed by atoms with Crippen LogP contribution in [0.15, 0.2) is 60.9 Å². The van der Waals surface area contributed by atoms with Crippen LogP contribution in [0.25, 0.3) is 0 Å². The normalized spacial score (nSPS) is 10.3. The Morgan fingerprint density at radius 3 is 2.48 bits per heavy atom. The number of nitrogens with one attached hydrogen (secondary N) is 3. The summed E-state index contributed by atoms with van der Waals surface area (Å²) in [6.45, 7) is 0.459. The maximum absolute atomic E-state index is 12.0. The molecule has 0 spiro atoms. The third-order valence-electron chi connectivity index (χ3n) is 3.82. The Labute approximate surface area is 162 Å². The van der Waals surface area contributed by atoms with Crippen molar-refractivity contribution in [1.29, 1.82) is 0 Å². The highest BCUT2D eigenvalue weighted by Gasteiger charge is 2.10. The average Bonchev–Trinajstić information content (AvgIpc) is 2.68. The van der Waals surface area contributed by atoms with Crippen LogP contribution in [-0.4, -0.2) is 15.9 Å². The van der Waals surface area contributed by atoms with Crippen molar-refractivity contribution in [3.05, 3.63) is 77.1 Å². The zero-order valence-corrected chi connectivity index (χ0v) is 15.2. The zero-order chi connectivity index (χ0) is 19.1. The van der Waals surface area contributed by atoms with Gasteiger partial charge in [-0.1, -0.05) is 60.1 Å². The van der Waals surface area contributed by atoms with E-state index in [1.807, 2.05) is 54.6 Å². The fourth-order valence-electron chi connectivity index (χ4n) is 2.41. The van der Waals surface area contributed by atoms with Gasteiger partial charge in [0.1, 0.15) is 12.0 Å². The standard InChI is InChI=1S/C19H19ClN6O/c20-15-9-5-4-8-14(15)11-22-18-17(21)19(24-12-23-18)26-25-16(27)10-13-6-2-1-3-7-13/h1-9,12H,10-11,21H2,(H,25,27)(H2,22,23,24,26). The minimum atomic E-state index is -0.204. The molecule has 3 rings (SSSR count). The number of hydrazine groups is 1. The SMILES string of the molecule is Nc1c(NCc2ccccc2Cl)ncnc1NNC(=O)Cc1ccccc1. The van der Waals surface area contributed by atoms with Crippen molar-refractivity contribution in [3.8, 4) is 0 Å². The quantitative estimate of drug-likeness (QED) is 0.468. The Bertz CT molecular complexity index is 919. The summed E-state index contributed by atoms with van der Waals surface area (Å²) < 4.78 is 0. The van der Waals surface area contributed by atoms with Gasteiger partial charge in [-0.15, -0.1) is 0 Å². The van der Waals surface area contributed by atoms with Gasteiger partial charge in [0.05, 0.1) is 6.42 Å². The molecule has 0 bridgehead atoms. The number of amides is 1. The Balaban J connectivity index is 1.59. The van der Waals surface area contributed by atoms with E-state index in [2.05, 4.69) is 26.1 Å². The first kappa shape index (κ1) is 18.5. The summed E-state index contributed by atoms with van der Waals surface area (Å²) in [6, 6.07) is 16.9. The van der Waals surface area contributed by atoms with E-state index >= 15 is 0 Å². The molecule has 0 atom stereocenters. The van der Waals surface area contributed by atoms with Gasteiger partial charge < -0.3 is 11.1 Å². The molecule has 1 aromatic heterocycles. The molecule has 0 aliphatic heterocycles. The van der Waals surface area contributed by atoms with Gasteiger partial charge in [-0.2, -0.15) is 0 Å². The largest absolute Gasteiger partial charge is 0.393 e. The molecule has 0 aliphatic rings. The monoisotopic (exact) mass is 382 g/mol. The maximum atomic E-state index is 12.0. The highest BCUT2D eigenvalue weighted by molar-refractivity contribution is 6.31. The number of nitrogen functional groups attached to an aromatic ring is 1. The van der Waals surface area contributed by atoms with Crippen molar-refractivity contribution in [2.24, 2.45) is 0 Å². The van der Waals surface area contributed by atoms with Gasteiger partial charge >= 0.3 is 0 Å². The molecule has 2 aromatic carbocycles. The van der Waals surface area contributed by atoms with Crippen molar-refractivity contribution in [3.63, 3.8) is 0 Å². The van der Waals surface area contributed by atoms with E-state index in [0.29, 0.717) is 28.9 Å². The van der Waals surface area contributed by atoms with E-state index in [1.54, 1.807) is 0 Å². The lowest BCUT2D eigenvalue weighted by molar-refractivity contribution is -0.119. The fraction of sp³-hybridized carbons (Fsp3) is 0.105. The molecule has 5 N–H and O–H groups in total. The third kappa shape index (κ3) is 5.08. The van der Waals surface area contributed by atoms with Crippen LogP contribution in [0.3, 0.4) is 0 Å². The minimum absolute atomic E-state index is 0.204. The first-order valence-corrected chi connectivity index (χ1v) is 8.68. The molecule has 27 heavy (non-hydrogen) atoms. The van der Waals surface area contributed by atoms with Gasteiger partial charge in [0.25, 0.3) is 0 Å². The number of halogens is 1. The molecule has 8 heteroatoms. The van der Waals surface area contributed by atoms with E-state index in [0.717, 1.165) is 11.1 Å². The number of aromatic nitrogens is 2. The van der Waals surface area contributed by atoms with Crippen LogP contribution in [0.5, 0.6) is 0 Å². The van der Waals surface area contributed by atoms with Crippen LogP contribution >= 0.6 is 11.6 Å². The van der Waals surface area contributed by atoms with Crippen molar-refractivity contribution in [2.45, 2.75) is 13.0 Å². The summed E-state index contributed by atoms with van der Waals surface area (Å²) in [5.41, 5.74) is 13.5. The highest BCUT2D eigenvalue weighted by Crippen LogP contribution is 2.23. The van der Waals surface area contributed by atoms with Crippen LogP contribution in [-0.2, 0) is 17.8 Å². The van der Waals surface area contributed by atoms with Crippen molar-refractivity contribution in [1.82, 2.24) is 15.4 Å². The highest BCUT2D eigenvalue weighted by atomic mass is 35.5. The Hall–Kier alpha value is -3.32.